The number of fused-ring (bicyclic) bond motifs is 1. The molecule has 0 bridgehead atoms. The molecule has 0 saturated carbocycles. The number of anilines is 1. The Morgan fingerprint density at radius 1 is 0.956 bits per heavy atom. The van der Waals surface area contributed by atoms with Crippen LogP contribution in [-0.4, -0.2) is 65.8 Å². The number of aromatic nitrogens is 1. The number of ether oxygens (including phenoxy) is 1. The Morgan fingerprint density at radius 2 is 1.51 bits per heavy atom. The molecule has 1 aromatic carbocycles. The average Bonchev–Trinajstić information content (AvgIpc) is 2.97. The van der Waals surface area contributed by atoms with Crippen LogP contribution < -0.4 is 10.2 Å². The molecule has 45 heavy (non-hydrogen) atoms. The quantitative estimate of drug-likeness (QED) is 0.162. The van der Waals surface area contributed by atoms with Gasteiger partial charge in [0.25, 0.3) is 0 Å². The summed E-state index contributed by atoms with van der Waals surface area (Å²) in [6.07, 6.45) is 5.60. The molecule has 7 heteroatoms. The van der Waals surface area contributed by atoms with Gasteiger partial charge in [0.1, 0.15) is 11.5 Å². The van der Waals surface area contributed by atoms with Crippen molar-refractivity contribution in [3.63, 3.8) is 0 Å². The molecule has 0 spiro atoms. The molecule has 1 fully saturated rings. The van der Waals surface area contributed by atoms with Crippen LogP contribution in [0.3, 0.4) is 0 Å². The molecular weight excluding hydrogens is 560 g/mol. The van der Waals surface area contributed by atoms with E-state index >= 15 is 0 Å². The van der Waals surface area contributed by atoms with Crippen molar-refractivity contribution >= 4 is 5.82 Å². The molecule has 2 aliphatic rings. The molecule has 2 aromatic rings. The van der Waals surface area contributed by atoms with Crippen molar-refractivity contribution in [3.8, 4) is 11.3 Å². The Balaban J connectivity index is -0.000000943. The smallest absolute Gasteiger partial charge is 0.137 e. The van der Waals surface area contributed by atoms with Gasteiger partial charge in [-0.1, -0.05) is 95.9 Å². The Bertz CT molecular complexity index is 1070. The summed E-state index contributed by atoms with van der Waals surface area (Å²) < 4.78 is 5.77. The first-order valence-corrected chi connectivity index (χ1v) is 16.1. The molecule has 2 heterocycles. The third kappa shape index (κ3) is 12.6. The van der Waals surface area contributed by atoms with Gasteiger partial charge in [-0.05, 0) is 92.7 Å². The second-order valence-electron chi connectivity index (χ2n) is 12.8. The average molecular weight is 637 g/mol. The minimum atomic E-state index is -0.654. The monoisotopic (exact) mass is 637 g/mol. The molecule has 1 aliphatic heterocycles. The lowest BCUT2D eigenvalue weighted by molar-refractivity contribution is -0.252. The Kier molecular flexibility index (Phi) is 22.1. The summed E-state index contributed by atoms with van der Waals surface area (Å²) in [5.41, 5.74) is 5.05. The Hall–Kier alpha value is -2.03. The fourth-order valence-electron chi connectivity index (χ4n) is 5.61. The zero-order valence-electron chi connectivity index (χ0n) is 28.6. The summed E-state index contributed by atoms with van der Waals surface area (Å²) in [4.78, 5) is 7.54. The van der Waals surface area contributed by atoms with Gasteiger partial charge < -0.3 is 25.6 Å². The van der Waals surface area contributed by atoms with Crippen LogP contribution in [0.25, 0.3) is 11.3 Å². The van der Waals surface area contributed by atoms with E-state index in [0.717, 1.165) is 55.5 Å². The highest BCUT2D eigenvalue weighted by molar-refractivity contribution is 5.65. The highest BCUT2D eigenvalue weighted by Gasteiger charge is 2.37. The lowest BCUT2D eigenvalue weighted by Gasteiger charge is -2.42. The molecule has 1 aromatic heterocycles. The van der Waals surface area contributed by atoms with Crippen LogP contribution in [0.1, 0.15) is 136 Å². The van der Waals surface area contributed by atoms with Crippen LogP contribution in [0.2, 0.25) is 0 Å². The third-order valence-electron chi connectivity index (χ3n) is 8.69. The van der Waals surface area contributed by atoms with E-state index in [9.17, 15) is 5.21 Å². The van der Waals surface area contributed by atoms with Gasteiger partial charge >= 0.3 is 0 Å². The van der Waals surface area contributed by atoms with Gasteiger partial charge in [-0.15, -0.1) is 0 Å². The number of hydrogen-bond acceptors (Lipinski definition) is 6. The van der Waals surface area contributed by atoms with E-state index in [1.807, 2.05) is 41.5 Å². The maximum atomic E-state index is 9.61. The first-order valence-electron chi connectivity index (χ1n) is 16.1. The zero-order valence-corrected chi connectivity index (χ0v) is 28.6. The molecule has 4 rings (SSSR count). The highest BCUT2D eigenvalue weighted by atomic mass is 16.6. The van der Waals surface area contributed by atoms with Gasteiger partial charge in [0, 0.05) is 33.2 Å². The predicted molar refractivity (Wildman–Crippen MR) is 201 cm³/mol. The number of nitrogens with one attached hydrogen (secondary N) is 1. The van der Waals surface area contributed by atoms with Crippen molar-refractivity contribution in [1.82, 2.24) is 15.4 Å². The first-order chi connectivity index (χ1) is 19.4. The lowest BCUT2D eigenvalue weighted by atomic mass is 9.63. The number of benzene rings is 1. The van der Waals surface area contributed by atoms with Gasteiger partial charge in [-0.2, -0.15) is 5.06 Å². The minimum Gasteiger partial charge on any atom is -0.412 e. The van der Waals surface area contributed by atoms with Crippen LogP contribution in [0, 0.1) is 0 Å². The van der Waals surface area contributed by atoms with E-state index in [1.165, 1.54) is 29.5 Å². The largest absolute Gasteiger partial charge is 0.412 e. The van der Waals surface area contributed by atoms with Crippen molar-refractivity contribution in [1.29, 1.82) is 0 Å². The van der Waals surface area contributed by atoms with Crippen molar-refractivity contribution < 1.29 is 16.8 Å². The van der Waals surface area contributed by atoms with E-state index in [2.05, 4.69) is 74.3 Å². The topological polar surface area (TPSA) is 92.4 Å². The minimum absolute atomic E-state index is 0. The molecule has 0 atom stereocenters. The number of hydroxylamine groups is 2. The first kappa shape index (κ1) is 47.4. The van der Waals surface area contributed by atoms with Gasteiger partial charge in [0.15, 0.2) is 0 Å². The van der Waals surface area contributed by atoms with Crippen LogP contribution in [-0.2, 0) is 15.6 Å². The van der Waals surface area contributed by atoms with Crippen LogP contribution in [0.5, 0.6) is 0 Å². The SMILES string of the molecule is C.C.C.CC.CC.CN(O)C(C)(C)OCCCNC1CCN(c2cccc(-c3ccc4c(c3)C(C)(C)CCC4(C)C)n2)CC1.O.[HH]. The zero-order chi connectivity index (χ0) is 30.8. The molecule has 1 aliphatic carbocycles. The second kappa shape index (κ2) is 21.0. The standard InChI is InChI=1S/C31H48N4O2.2C2H6.3CH4.H2O.H2/c1-29(2)16-17-30(3,4)26-22-23(12-13-25(26)29)27-10-8-11-28(33-27)35-19-14-24(15-20-35)32-18-9-21-37-31(5,6)34(7)36;2*1-2;;;;;/h8,10-13,22,24,32,36H,9,14-21H2,1-7H3;2*1-2H3;3*1H4;1H2;1H. The summed E-state index contributed by atoms with van der Waals surface area (Å²) in [6, 6.07) is 14.0. The van der Waals surface area contributed by atoms with E-state index in [4.69, 9.17) is 9.72 Å². The molecule has 0 radical (unpaired) electrons. The van der Waals surface area contributed by atoms with Crippen LogP contribution in [0.4, 0.5) is 5.82 Å². The number of rotatable bonds is 9. The Labute approximate surface area is 280 Å². The van der Waals surface area contributed by atoms with Gasteiger partial charge in [-0.3, -0.25) is 0 Å². The predicted octanol–water partition coefficient (Wildman–Crippen LogP) is 9.50. The third-order valence-corrected chi connectivity index (χ3v) is 8.69. The highest BCUT2D eigenvalue weighted by Crippen LogP contribution is 2.46. The maximum absolute atomic E-state index is 9.61. The summed E-state index contributed by atoms with van der Waals surface area (Å²) in [6.45, 7) is 24.8. The van der Waals surface area contributed by atoms with Crippen molar-refractivity contribution in [2.75, 3.05) is 38.2 Å². The van der Waals surface area contributed by atoms with Crippen molar-refractivity contribution in [2.24, 2.45) is 0 Å². The van der Waals surface area contributed by atoms with E-state index < -0.39 is 5.72 Å². The lowest BCUT2D eigenvalue weighted by Crippen LogP contribution is -2.44. The fraction of sp³-hybridized carbons (Fsp3) is 0.711. The summed E-state index contributed by atoms with van der Waals surface area (Å²) in [5, 5.41) is 14.4. The molecule has 0 unspecified atom stereocenters. The van der Waals surface area contributed by atoms with E-state index in [1.54, 1.807) is 7.05 Å². The van der Waals surface area contributed by atoms with Gasteiger partial charge in [0.2, 0.25) is 0 Å². The molecule has 1 saturated heterocycles. The molecular formula is C38H76N4O3. The van der Waals surface area contributed by atoms with Gasteiger partial charge in [0.05, 0.1) is 12.3 Å². The number of nitrogens with zero attached hydrogens (tertiary/aromatic N) is 3. The van der Waals surface area contributed by atoms with Crippen LogP contribution >= 0.6 is 0 Å². The number of hydrogen-bond donors (Lipinski definition) is 2. The molecule has 7 nitrogen and oxygen atoms in total. The summed E-state index contributed by atoms with van der Waals surface area (Å²) in [5.74, 6) is 1.08. The van der Waals surface area contributed by atoms with Gasteiger partial charge in [-0.25, -0.2) is 4.98 Å². The van der Waals surface area contributed by atoms with Crippen LogP contribution in [0.15, 0.2) is 36.4 Å². The summed E-state index contributed by atoms with van der Waals surface area (Å²) >= 11 is 0. The van der Waals surface area contributed by atoms with E-state index in [0.29, 0.717) is 12.6 Å². The molecule has 4 N–H and O–H groups in total. The molecule has 0 amide bonds. The second-order valence-corrected chi connectivity index (χ2v) is 12.8. The Morgan fingerprint density at radius 3 is 2.07 bits per heavy atom. The maximum Gasteiger partial charge on any atom is 0.137 e. The molecule has 266 valence electrons. The van der Waals surface area contributed by atoms with E-state index in [-0.39, 0.29) is 40.0 Å². The summed E-state index contributed by atoms with van der Waals surface area (Å²) in [7, 11) is 1.62. The fourth-order valence-corrected chi connectivity index (χ4v) is 5.61. The number of pyridine rings is 1. The van der Waals surface area contributed by atoms with Crippen molar-refractivity contribution in [3.05, 3.63) is 47.5 Å². The number of piperidine rings is 1. The normalized spacial score (nSPS) is 16.5. The van der Waals surface area contributed by atoms with Crippen molar-refractivity contribution in [2.45, 2.75) is 146 Å².